The third-order valence-electron chi connectivity index (χ3n) is 5.64. The van der Waals surface area contributed by atoms with Crippen molar-refractivity contribution in [3.05, 3.63) is 35.2 Å². The highest BCUT2D eigenvalue weighted by molar-refractivity contribution is 5.82. The first-order valence-electron chi connectivity index (χ1n) is 10.4. The number of hydrogen-bond donors (Lipinski definition) is 2. The van der Waals surface area contributed by atoms with Crippen molar-refractivity contribution in [2.24, 2.45) is 5.92 Å². The fourth-order valence-electron chi connectivity index (χ4n) is 3.83. The van der Waals surface area contributed by atoms with Crippen molar-refractivity contribution < 1.29 is 13.9 Å². The zero-order valence-electron chi connectivity index (χ0n) is 17.0. The van der Waals surface area contributed by atoms with Crippen LogP contribution in [-0.2, 0) is 13.0 Å². The zero-order valence-corrected chi connectivity index (χ0v) is 17.0. The average Bonchev–Trinajstić information content (AvgIpc) is 3.36. The molecule has 3 aromatic rings. The molecular formula is C22H23FN6O2. The molecule has 3 N–H and O–H groups in total. The van der Waals surface area contributed by atoms with Crippen LogP contribution in [0.15, 0.2) is 12.1 Å². The van der Waals surface area contributed by atoms with Gasteiger partial charge in [-0.3, -0.25) is 0 Å². The number of imidazole rings is 1. The molecule has 0 atom stereocenters. The molecule has 8 nitrogen and oxygen atoms in total. The summed E-state index contributed by atoms with van der Waals surface area (Å²) in [6.07, 6.45) is 8.75. The number of fused-ring (bicyclic) bond motifs is 2. The standard InChI is InChI=1S/C22H23FN6O2/c1-2-14-8-16-17(31-12-30-16)9-15(14)10-18-26-19-20(24)27-22(23)28-21(19)29(18)7-3-6-25-11-13-4-5-13/h1,8-9,13,25H,3-7,10-12H2,(H2,24,27,28). The van der Waals surface area contributed by atoms with Crippen molar-refractivity contribution in [1.29, 1.82) is 0 Å². The van der Waals surface area contributed by atoms with Crippen LogP contribution in [0.3, 0.4) is 0 Å². The van der Waals surface area contributed by atoms with Gasteiger partial charge in [0.15, 0.2) is 28.5 Å². The highest BCUT2D eigenvalue weighted by atomic mass is 19.1. The van der Waals surface area contributed by atoms with Gasteiger partial charge in [0.1, 0.15) is 5.82 Å². The molecule has 1 fully saturated rings. The second-order valence-electron chi connectivity index (χ2n) is 7.91. The van der Waals surface area contributed by atoms with Gasteiger partial charge in [-0.05, 0) is 49.9 Å². The number of nitrogen functional groups attached to an aromatic ring is 1. The molecule has 0 bridgehead atoms. The van der Waals surface area contributed by atoms with Crippen LogP contribution in [0.5, 0.6) is 11.5 Å². The normalized spacial score (nSPS) is 14.8. The number of nitrogens with one attached hydrogen (secondary N) is 1. The van der Waals surface area contributed by atoms with Crippen LogP contribution in [-0.4, -0.2) is 39.4 Å². The quantitative estimate of drug-likeness (QED) is 0.326. The van der Waals surface area contributed by atoms with Gasteiger partial charge in [-0.1, -0.05) is 5.92 Å². The van der Waals surface area contributed by atoms with E-state index in [0.29, 0.717) is 47.0 Å². The lowest BCUT2D eigenvalue weighted by molar-refractivity contribution is 0.174. The Hall–Kier alpha value is -3.38. The summed E-state index contributed by atoms with van der Waals surface area (Å²) in [4.78, 5) is 12.2. The van der Waals surface area contributed by atoms with Gasteiger partial charge in [-0.2, -0.15) is 14.4 Å². The molecule has 3 heterocycles. The minimum atomic E-state index is -0.864. The maximum absolute atomic E-state index is 13.9. The van der Waals surface area contributed by atoms with Crippen molar-refractivity contribution in [3.63, 3.8) is 0 Å². The maximum Gasteiger partial charge on any atom is 0.312 e. The minimum Gasteiger partial charge on any atom is -0.454 e. The molecule has 31 heavy (non-hydrogen) atoms. The number of nitrogens with zero attached hydrogens (tertiary/aromatic N) is 4. The summed E-state index contributed by atoms with van der Waals surface area (Å²) in [5, 5.41) is 3.47. The number of benzene rings is 1. The van der Waals surface area contributed by atoms with Crippen molar-refractivity contribution in [1.82, 2.24) is 24.8 Å². The van der Waals surface area contributed by atoms with Crippen molar-refractivity contribution in [2.75, 3.05) is 25.6 Å². The fourth-order valence-corrected chi connectivity index (χ4v) is 3.83. The number of ether oxygens (including phenoxy) is 2. The number of terminal acetylenes is 1. The third-order valence-corrected chi connectivity index (χ3v) is 5.64. The van der Waals surface area contributed by atoms with E-state index in [9.17, 15) is 4.39 Å². The van der Waals surface area contributed by atoms with Gasteiger partial charge in [-0.15, -0.1) is 6.42 Å². The molecule has 0 amide bonds. The van der Waals surface area contributed by atoms with Crippen molar-refractivity contribution >= 4 is 17.0 Å². The predicted molar refractivity (Wildman–Crippen MR) is 113 cm³/mol. The number of hydrogen-bond acceptors (Lipinski definition) is 7. The average molecular weight is 422 g/mol. The summed E-state index contributed by atoms with van der Waals surface area (Å²) >= 11 is 0. The summed E-state index contributed by atoms with van der Waals surface area (Å²) in [6.45, 7) is 2.69. The lowest BCUT2D eigenvalue weighted by Crippen LogP contribution is -2.20. The molecule has 0 unspecified atom stereocenters. The Balaban J connectivity index is 1.45. The van der Waals surface area contributed by atoms with Gasteiger partial charge in [0.2, 0.25) is 6.79 Å². The lowest BCUT2D eigenvalue weighted by Gasteiger charge is -2.11. The smallest absolute Gasteiger partial charge is 0.312 e. The molecule has 2 aromatic heterocycles. The first kappa shape index (κ1) is 19.6. The SMILES string of the molecule is C#Cc1cc2c(cc1Cc1nc3c(N)nc(F)nc3n1CCCNCC1CC1)OCO2. The number of rotatable bonds is 8. The van der Waals surface area contributed by atoms with Crippen LogP contribution in [0, 0.1) is 24.3 Å². The summed E-state index contributed by atoms with van der Waals surface area (Å²) in [5.41, 5.74) is 8.28. The topological polar surface area (TPSA) is 100 Å². The van der Waals surface area contributed by atoms with E-state index in [0.717, 1.165) is 31.0 Å². The minimum absolute atomic E-state index is 0.0252. The van der Waals surface area contributed by atoms with E-state index in [1.54, 1.807) is 6.07 Å². The zero-order chi connectivity index (χ0) is 21.4. The van der Waals surface area contributed by atoms with Gasteiger partial charge in [0.25, 0.3) is 0 Å². The molecule has 1 saturated carbocycles. The van der Waals surface area contributed by atoms with Crippen LogP contribution < -0.4 is 20.5 Å². The fraction of sp³-hybridized carbons (Fsp3) is 0.409. The largest absolute Gasteiger partial charge is 0.454 e. The second-order valence-corrected chi connectivity index (χ2v) is 7.91. The van der Waals surface area contributed by atoms with E-state index < -0.39 is 6.08 Å². The first-order valence-corrected chi connectivity index (χ1v) is 10.4. The van der Waals surface area contributed by atoms with Gasteiger partial charge < -0.3 is 25.1 Å². The number of aromatic nitrogens is 4. The monoisotopic (exact) mass is 422 g/mol. The Morgan fingerprint density at radius 1 is 1.23 bits per heavy atom. The van der Waals surface area contributed by atoms with E-state index in [1.807, 2.05) is 10.6 Å². The lowest BCUT2D eigenvalue weighted by atomic mass is 10.0. The van der Waals surface area contributed by atoms with Gasteiger partial charge in [0.05, 0.1) is 0 Å². The van der Waals surface area contributed by atoms with Crippen LogP contribution in [0.2, 0.25) is 0 Å². The van der Waals surface area contributed by atoms with Crippen LogP contribution in [0.4, 0.5) is 10.2 Å². The van der Waals surface area contributed by atoms with Crippen LogP contribution in [0.25, 0.3) is 11.2 Å². The van der Waals surface area contributed by atoms with E-state index in [-0.39, 0.29) is 12.6 Å². The Labute approximate surface area is 179 Å². The summed E-state index contributed by atoms with van der Waals surface area (Å²) in [7, 11) is 0. The Morgan fingerprint density at radius 3 is 2.81 bits per heavy atom. The Morgan fingerprint density at radius 2 is 2.03 bits per heavy atom. The molecule has 9 heteroatoms. The third kappa shape index (κ3) is 3.99. The summed E-state index contributed by atoms with van der Waals surface area (Å²) in [5.74, 6) is 5.51. The second kappa shape index (κ2) is 8.04. The molecule has 5 rings (SSSR count). The maximum atomic E-state index is 13.9. The van der Waals surface area contributed by atoms with Crippen LogP contribution in [0.1, 0.15) is 36.2 Å². The molecule has 1 aliphatic carbocycles. The number of anilines is 1. The summed E-state index contributed by atoms with van der Waals surface area (Å²) < 4.78 is 26.7. The number of nitrogens with two attached hydrogens (primary N) is 1. The first-order chi connectivity index (χ1) is 15.1. The molecule has 160 valence electrons. The molecular weight excluding hydrogens is 399 g/mol. The highest BCUT2D eigenvalue weighted by Crippen LogP contribution is 2.35. The van der Waals surface area contributed by atoms with E-state index in [1.165, 1.54) is 12.8 Å². The highest BCUT2D eigenvalue weighted by Gasteiger charge is 2.22. The Bertz CT molecular complexity index is 1180. The molecule has 1 aromatic carbocycles. The van der Waals surface area contributed by atoms with Crippen molar-refractivity contribution in [2.45, 2.75) is 32.2 Å². The number of aryl methyl sites for hydroxylation is 1. The molecule has 1 aliphatic heterocycles. The van der Waals surface area contributed by atoms with E-state index >= 15 is 0 Å². The van der Waals surface area contributed by atoms with E-state index in [2.05, 4.69) is 26.2 Å². The Kier molecular flexibility index (Phi) is 5.08. The molecule has 0 saturated heterocycles. The van der Waals surface area contributed by atoms with Crippen LogP contribution >= 0.6 is 0 Å². The molecule has 0 radical (unpaired) electrons. The van der Waals surface area contributed by atoms with E-state index in [4.69, 9.17) is 21.6 Å². The molecule has 2 aliphatic rings. The molecule has 0 spiro atoms. The van der Waals surface area contributed by atoms with Crippen molar-refractivity contribution in [3.8, 4) is 23.8 Å². The predicted octanol–water partition coefficient (Wildman–Crippen LogP) is 2.24. The van der Waals surface area contributed by atoms with Gasteiger partial charge >= 0.3 is 6.08 Å². The van der Waals surface area contributed by atoms with Gasteiger partial charge in [-0.25, -0.2) is 4.98 Å². The number of halogens is 1. The summed E-state index contributed by atoms with van der Waals surface area (Å²) in [6, 6.07) is 3.66. The van der Waals surface area contributed by atoms with Gasteiger partial charge in [0, 0.05) is 24.6 Å².